The smallest absolute Gasteiger partial charge is 0.253 e. The number of carbonyl (C=O) groups excluding carboxylic acids is 1. The Morgan fingerprint density at radius 3 is 2.67 bits per heavy atom. The van der Waals surface area contributed by atoms with Crippen molar-refractivity contribution in [2.75, 3.05) is 0 Å². The van der Waals surface area contributed by atoms with Crippen molar-refractivity contribution in [3.63, 3.8) is 0 Å². The molecule has 0 aliphatic heterocycles. The number of amides is 1. The zero-order valence-electron chi connectivity index (χ0n) is 9.36. The normalized spacial score (nSPS) is 10.1. The lowest BCUT2D eigenvalue weighted by molar-refractivity contribution is 0.0950. The largest absolute Gasteiger partial charge is 0.348 e. The highest BCUT2D eigenvalue weighted by Crippen LogP contribution is 2.11. The number of benzene rings is 1. The summed E-state index contributed by atoms with van der Waals surface area (Å²) < 4.78 is 0.779. The molecule has 0 radical (unpaired) electrons. The Hall–Kier alpha value is -1.39. The molecule has 0 aliphatic carbocycles. The molecule has 0 saturated carbocycles. The summed E-state index contributed by atoms with van der Waals surface area (Å²) in [5.41, 5.74) is 1.52. The van der Waals surface area contributed by atoms with Crippen molar-refractivity contribution >= 4 is 33.4 Å². The van der Waals surface area contributed by atoms with E-state index in [0.29, 0.717) is 17.1 Å². The fourth-order valence-corrected chi connectivity index (χ4v) is 1.91. The van der Waals surface area contributed by atoms with Gasteiger partial charge >= 0.3 is 0 Å². The quantitative estimate of drug-likeness (QED) is 0.939. The molecular formula is C13H10BrClN2O. The predicted molar refractivity (Wildman–Crippen MR) is 74.6 cm³/mol. The molecule has 2 rings (SSSR count). The Morgan fingerprint density at radius 1 is 1.28 bits per heavy atom. The van der Waals surface area contributed by atoms with Gasteiger partial charge in [-0.15, -0.1) is 0 Å². The summed E-state index contributed by atoms with van der Waals surface area (Å²) in [5.74, 6) is -0.154. The monoisotopic (exact) mass is 324 g/mol. The molecule has 0 bridgehead atoms. The first-order valence-corrected chi connectivity index (χ1v) is 6.45. The molecule has 92 valence electrons. The third-order valence-corrected chi connectivity index (χ3v) is 3.02. The molecule has 0 atom stereocenters. The van der Waals surface area contributed by atoms with Crippen LogP contribution in [0, 0.1) is 0 Å². The summed E-state index contributed by atoms with van der Waals surface area (Å²) in [6.45, 7) is 0.461. The molecule has 3 nitrogen and oxygen atoms in total. The molecule has 0 fully saturated rings. The molecule has 0 aliphatic rings. The molecule has 1 N–H and O–H groups in total. The number of hydrogen-bond acceptors (Lipinski definition) is 2. The van der Waals surface area contributed by atoms with Gasteiger partial charge in [0.25, 0.3) is 5.91 Å². The van der Waals surface area contributed by atoms with Gasteiger partial charge in [0.15, 0.2) is 0 Å². The second-order valence-electron chi connectivity index (χ2n) is 3.70. The van der Waals surface area contributed by atoms with Gasteiger partial charge in [0.05, 0.1) is 5.56 Å². The van der Waals surface area contributed by atoms with Crippen molar-refractivity contribution in [3.8, 4) is 0 Å². The molecule has 1 amide bonds. The predicted octanol–water partition coefficient (Wildman–Crippen LogP) is 3.43. The summed E-state index contributed by atoms with van der Waals surface area (Å²) in [4.78, 5) is 15.8. The summed E-state index contributed by atoms with van der Waals surface area (Å²) >= 11 is 9.06. The highest BCUT2D eigenvalue weighted by molar-refractivity contribution is 9.10. The van der Waals surface area contributed by atoms with E-state index >= 15 is 0 Å². The summed E-state index contributed by atoms with van der Waals surface area (Å²) in [6, 6.07) is 9.07. The van der Waals surface area contributed by atoms with E-state index in [9.17, 15) is 4.79 Å². The van der Waals surface area contributed by atoms with E-state index in [4.69, 9.17) is 11.6 Å². The van der Waals surface area contributed by atoms with Crippen LogP contribution in [-0.4, -0.2) is 10.9 Å². The first-order chi connectivity index (χ1) is 8.65. The third kappa shape index (κ3) is 3.55. The Kier molecular flexibility index (Phi) is 4.33. The van der Waals surface area contributed by atoms with Crippen molar-refractivity contribution in [2.24, 2.45) is 0 Å². The van der Waals surface area contributed by atoms with E-state index in [2.05, 4.69) is 26.2 Å². The van der Waals surface area contributed by atoms with Gasteiger partial charge in [0, 0.05) is 28.4 Å². The number of aromatic nitrogens is 1. The number of nitrogens with one attached hydrogen (secondary N) is 1. The van der Waals surface area contributed by atoms with Crippen LogP contribution < -0.4 is 5.32 Å². The number of rotatable bonds is 3. The number of pyridine rings is 1. The minimum atomic E-state index is -0.154. The Bertz CT molecular complexity index is 557. The standard InChI is InChI=1S/C13H10BrClN2O/c14-11-5-10(7-16-8-11)13(18)17-6-9-1-3-12(15)4-2-9/h1-5,7-8H,6H2,(H,17,18). The maximum atomic E-state index is 11.8. The first-order valence-electron chi connectivity index (χ1n) is 5.28. The number of nitrogens with zero attached hydrogens (tertiary/aromatic N) is 1. The minimum absolute atomic E-state index is 0.154. The number of carbonyl (C=O) groups is 1. The van der Waals surface area contributed by atoms with Gasteiger partial charge in [0.1, 0.15) is 0 Å². The summed E-state index contributed by atoms with van der Waals surface area (Å²) in [7, 11) is 0. The van der Waals surface area contributed by atoms with Gasteiger partial charge < -0.3 is 5.32 Å². The van der Waals surface area contributed by atoms with E-state index in [1.54, 1.807) is 24.4 Å². The second-order valence-corrected chi connectivity index (χ2v) is 5.05. The lowest BCUT2D eigenvalue weighted by Gasteiger charge is -2.05. The lowest BCUT2D eigenvalue weighted by Crippen LogP contribution is -2.22. The van der Waals surface area contributed by atoms with Crippen molar-refractivity contribution in [1.82, 2.24) is 10.3 Å². The van der Waals surface area contributed by atoms with Gasteiger partial charge in [-0.1, -0.05) is 23.7 Å². The van der Waals surface area contributed by atoms with Crippen LogP contribution >= 0.6 is 27.5 Å². The van der Waals surface area contributed by atoms with Gasteiger partial charge in [0.2, 0.25) is 0 Å². The highest BCUT2D eigenvalue weighted by Gasteiger charge is 2.05. The van der Waals surface area contributed by atoms with Crippen LogP contribution in [0.2, 0.25) is 5.02 Å². The SMILES string of the molecule is O=C(NCc1ccc(Cl)cc1)c1cncc(Br)c1. The minimum Gasteiger partial charge on any atom is -0.348 e. The second kappa shape index (κ2) is 5.98. The topological polar surface area (TPSA) is 42.0 Å². The van der Waals surface area contributed by atoms with Crippen LogP contribution in [0.15, 0.2) is 47.2 Å². The third-order valence-electron chi connectivity index (χ3n) is 2.33. The summed E-state index contributed by atoms with van der Waals surface area (Å²) in [6.07, 6.45) is 3.16. The lowest BCUT2D eigenvalue weighted by atomic mass is 10.2. The van der Waals surface area contributed by atoms with Gasteiger partial charge in [-0.3, -0.25) is 9.78 Å². The van der Waals surface area contributed by atoms with Crippen molar-refractivity contribution in [3.05, 3.63) is 63.3 Å². The van der Waals surface area contributed by atoms with Crippen LogP contribution in [0.4, 0.5) is 0 Å². The molecule has 18 heavy (non-hydrogen) atoms. The maximum absolute atomic E-state index is 11.8. The van der Waals surface area contributed by atoms with Crippen LogP contribution in [0.5, 0.6) is 0 Å². The highest BCUT2D eigenvalue weighted by atomic mass is 79.9. The average Bonchev–Trinajstić information content (AvgIpc) is 2.38. The zero-order valence-corrected chi connectivity index (χ0v) is 11.7. The van der Waals surface area contributed by atoms with Crippen LogP contribution in [-0.2, 0) is 6.54 Å². The van der Waals surface area contributed by atoms with Crippen LogP contribution in [0.3, 0.4) is 0 Å². The number of hydrogen-bond donors (Lipinski definition) is 1. The molecule has 0 spiro atoms. The molecule has 0 saturated heterocycles. The van der Waals surface area contributed by atoms with Crippen molar-refractivity contribution in [2.45, 2.75) is 6.54 Å². The van der Waals surface area contributed by atoms with Gasteiger partial charge in [-0.2, -0.15) is 0 Å². The van der Waals surface area contributed by atoms with Gasteiger partial charge in [-0.05, 0) is 39.7 Å². The molecule has 1 aromatic heterocycles. The maximum Gasteiger partial charge on any atom is 0.253 e. The number of halogens is 2. The molecule has 5 heteroatoms. The Balaban J connectivity index is 1.98. The fraction of sp³-hybridized carbons (Fsp3) is 0.0769. The van der Waals surface area contributed by atoms with Gasteiger partial charge in [-0.25, -0.2) is 0 Å². The molecule has 1 aromatic carbocycles. The first kappa shape index (κ1) is 13.1. The van der Waals surface area contributed by atoms with Crippen molar-refractivity contribution < 1.29 is 4.79 Å². The Labute approximate surface area is 118 Å². The summed E-state index contributed by atoms with van der Waals surface area (Å²) in [5, 5.41) is 3.50. The molecular weight excluding hydrogens is 316 g/mol. The van der Waals surface area contributed by atoms with Crippen LogP contribution in [0.1, 0.15) is 15.9 Å². The van der Waals surface area contributed by atoms with E-state index in [0.717, 1.165) is 10.0 Å². The molecule has 0 unspecified atom stereocenters. The fourth-order valence-electron chi connectivity index (χ4n) is 1.42. The molecule has 1 heterocycles. The van der Waals surface area contributed by atoms with Crippen LogP contribution in [0.25, 0.3) is 0 Å². The van der Waals surface area contributed by atoms with Crippen molar-refractivity contribution in [1.29, 1.82) is 0 Å². The van der Waals surface area contributed by atoms with E-state index in [1.165, 1.54) is 6.20 Å². The molecule has 2 aromatic rings. The van der Waals surface area contributed by atoms with E-state index in [1.807, 2.05) is 12.1 Å². The van der Waals surface area contributed by atoms with E-state index in [-0.39, 0.29) is 5.91 Å². The van der Waals surface area contributed by atoms with E-state index < -0.39 is 0 Å². The Morgan fingerprint density at radius 2 is 2.00 bits per heavy atom. The average molecular weight is 326 g/mol. The zero-order chi connectivity index (χ0) is 13.0.